The van der Waals surface area contributed by atoms with Crippen LogP contribution in [0, 0.1) is 0 Å². The Morgan fingerprint density at radius 2 is 1.64 bits per heavy atom. The number of aliphatic hydroxyl groups excluding tert-OH is 1. The normalized spacial score (nSPS) is 22.2. The molecule has 0 saturated carbocycles. The molecule has 2 fully saturated rings. The third kappa shape index (κ3) is 4.05. The van der Waals surface area contributed by atoms with E-state index < -0.39 is 0 Å². The maximum atomic E-state index is 12.9. The SMILES string of the molecule is O=C(c1ccncc1)N1CC(=O)N2[C@H](C1)[C@@H](c1ccc(/C=C/c3ccccc3)cc1)[C@@H]2CO. The molecule has 2 aliphatic rings. The summed E-state index contributed by atoms with van der Waals surface area (Å²) in [5, 5.41) is 10.00. The molecule has 1 aromatic heterocycles. The number of nitrogens with zero attached hydrogens (tertiary/aromatic N) is 3. The molecule has 2 amide bonds. The van der Waals surface area contributed by atoms with Crippen LogP contribution in [0.4, 0.5) is 0 Å². The predicted octanol–water partition coefficient (Wildman–Crippen LogP) is 3.06. The van der Waals surface area contributed by atoms with Gasteiger partial charge in [0.25, 0.3) is 5.91 Å². The fourth-order valence-corrected chi connectivity index (χ4v) is 4.92. The van der Waals surface area contributed by atoms with Gasteiger partial charge in [0, 0.05) is 30.4 Å². The lowest BCUT2D eigenvalue weighted by Gasteiger charge is -2.58. The topological polar surface area (TPSA) is 73.7 Å². The van der Waals surface area contributed by atoms with Crippen molar-refractivity contribution in [2.45, 2.75) is 18.0 Å². The van der Waals surface area contributed by atoms with Crippen molar-refractivity contribution in [3.63, 3.8) is 0 Å². The van der Waals surface area contributed by atoms with Gasteiger partial charge in [-0.1, -0.05) is 66.7 Å². The second-order valence-electron chi connectivity index (χ2n) is 8.48. The van der Waals surface area contributed by atoms with Crippen molar-refractivity contribution in [2.24, 2.45) is 0 Å². The van der Waals surface area contributed by atoms with Crippen molar-refractivity contribution >= 4 is 24.0 Å². The summed E-state index contributed by atoms with van der Waals surface area (Å²) in [6.45, 7) is 0.384. The van der Waals surface area contributed by atoms with Crippen molar-refractivity contribution in [1.82, 2.24) is 14.8 Å². The fourth-order valence-electron chi connectivity index (χ4n) is 4.92. The lowest BCUT2D eigenvalue weighted by molar-refractivity contribution is -0.159. The second kappa shape index (κ2) is 9.00. The zero-order valence-electron chi connectivity index (χ0n) is 18.1. The quantitative estimate of drug-likeness (QED) is 0.620. The van der Waals surface area contributed by atoms with Crippen LogP contribution in [0.3, 0.4) is 0 Å². The van der Waals surface area contributed by atoms with Gasteiger partial charge in [-0.15, -0.1) is 0 Å². The van der Waals surface area contributed by atoms with Crippen molar-refractivity contribution in [3.05, 3.63) is 101 Å². The Balaban J connectivity index is 1.34. The van der Waals surface area contributed by atoms with Gasteiger partial charge in [0.15, 0.2) is 0 Å². The lowest BCUT2D eigenvalue weighted by Crippen LogP contribution is -2.73. The van der Waals surface area contributed by atoms with Crippen molar-refractivity contribution in [2.75, 3.05) is 19.7 Å². The average molecular weight is 440 g/mol. The van der Waals surface area contributed by atoms with Crippen LogP contribution in [0.2, 0.25) is 0 Å². The highest BCUT2D eigenvalue weighted by Crippen LogP contribution is 2.43. The molecule has 0 spiro atoms. The molecular formula is C27H25N3O3. The molecule has 3 atom stereocenters. The number of carbonyl (C=O) groups excluding carboxylic acids is 2. The number of benzene rings is 2. The van der Waals surface area contributed by atoms with E-state index in [1.807, 2.05) is 18.2 Å². The van der Waals surface area contributed by atoms with Gasteiger partial charge in [-0.05, 0) is 28.8 Å². The zero-order valence-corrected chi connectivity index (χ0v) is 18.1. The maximum Gasteiger partial charge on any atom is 0.254 e. The van der Waals surface area contributed by atoms with E-state index in [1.165, 1.54) is 0 Å². The molecule has 3 aromatic rings. The third-order valence-electron chi connectivity index (χ3n) is 6.56. The summed E-state index contributed by atoms with van der Waals surface area (Å²) in [7, 11) is 0. The van der Waals surface area contributed by atoms with Gasteiger partial charge in [0.1, 0.15) is 6.54 Å². The van der Waals surface area contributed by atoms with Gasteiger partial charge in [0.2, 0.25) is 5.91 Å². The molecule has 0 unspecified atom stereocenters. The first kappa shape index (κ1) is 21.1. The number of rotatable bonds is 5. The molecular weight excluding hydrogens is 414 g/mol. The van der Waals surface area contributed by atoms with E-state index >= 15 is 0 Å². The number of fused-ring (bicyclic) bond motifs is 1. The van der Waals surface area contributed by atoms with Gasteiger partial charge in [-0.25, -0.2) is 0 Å². The van der Waals surface area contributed by atoms with Crippen molar-refractivity contribution in [3.8, 4) is 0 Å². The standard InChI is InChI=1S/C27H25N3O3/c31-18-24-26(21-10-8-20(9-11-21)7-6-19-4-2-1-3-5-19)23-16-29(17-25(32)30(23)24)27(33)22-12-14-28-15-13-22/h1-15,23-24,26,31H,16-18H2/b7-6+/t23-,24+,26-/m1/s1. The van der Waals surface area contributed by atoms with Crippen LogP contribution < -0.4 is 0 Å². The summed E-state index contributed by atoms with van der Waals surface area (Å²) >= 11 is 0. The molecule has 5 rings (SSSR count). The smallest absolute Gasteiger partial charge is 0.254 e. The molecule has 2 saturated heterocycles. The molecule has 6 heteroatoms. The first-order valence-electron chi connectivity index (χ1n) is 11.1. The fraction of sp³-hybridized carbons (Fsp3) is 0.222. The summed E-state index contributed by atoms with van der Waals surface area (Å²) < 4.78 is 0. The van der Waals surface area contributed by atoms with E-state index in [0.29, 0.717) is 12.1 Å². The lowest BCUT2D eigenvalue weighted by atomic mass is 9.73. The molecule has 3 heterocycles. The number of aliphatic hydroxyl groups is 1. The zero-order chi connectivity index (χ0) is 22.8. The predicted molar refractivity (Wildman–Crippen MR) is 126 cm³/mol. The summed E-state index contributed by atoms with van der Waals surface area (Å²) in [5.74, 6) is -0.302. The van der Waals surface area contributed by atoms with E-state index in [-0.39, 0.29) is 43.0 Å². The van der Waals surface area contributed by atoms with Crippen molar-refractivity contribution < 1.29 is 14.7 Å². The first-order valence-corrected chi connectivity index (χ1v) is 11.1. The van der Waals surface area contributed by atoms with Gasteiger partial charge >= 0.3 is 0 Å². The Kier molecular flexibility index (Phi) is 5.75. The summed E-state index contributed by atoms with van der Waals surface area (Å²) in [6, 6.07) is 21.3. The molecule has 1 N–H and O–H groups in total. The number of hydrogen-bond donors (Lipinski definition) is 1. The highest BCUT2D eigenvalue weighted by atomic mass is 16.3. The summed E-state index contributed by atoms with van der Waals surface area (Å²) in [5.41, 5.74) is 3.80. The minimum absolute atomic E-state index is 0.0147. The van der Waals surface area contributed by atoms with Crippen LogP contribution in [0.5, 0.6) is 0 Å². The number of amides is 2. The molecule has 166 valence electrons. The highest BCUT2D eigenvalue weighted by molar-refractivity contribution is 5.97. The monoisotopic (exact) mass is 439 g/mol. The Bertz CT molecular complexity index is 1160. The number of carbonyl (C=O) groups is 2. The van der Waals surface area contributed by atoms with Crippen LogP contribution in [-0.4, -0.2) is 63.5 Å². The molecule has 6 nitrogen and oxygen atoms in total. The van der Waals surface area contributed by atoms with Crippen molar-refractivity contribution in [1.29, 1.82) is 0 Å². The molecule has 0 aliphatic carbocycles. The summed E-state index contributed by atoms with van der Waals surface area (Å²) in [6.07, 6.45) is 7.29. The van der Waals surface area contributed by atoms with Gasteiger partial charge < -0.3 is 14.9 Å². The number of pyridine rings is 1. The van der Waals surface area contributed by atoms with Crippen LogP contribution >= 0.6 is 0 Å². The minimum atomic E-state index is -0.258. The summed E-state index contributed by atoms with van der Waals surface area (Å²) in [4.78, 5) is 33.1. The molecule has 33 heavy (non-hydrogen) atoms. The van der Waals surface area contributed by atoms with Crippen LogP contribution in [0.25, 0.3) is 12.2 Å². The van der Waals surface area contributed by atoms with Crippen LogP contribution in [0.15, 0.2) is 79.1 Å². The first-order chi connectivity index (χ1) is 16.2. The Labute approximate surface area is 192 Å². The Morgan fingerprint density at radius 3 is 2.30 bits per heavy atom. The van der Waals surface area contributed by atoms with Gasteiger partial charge in [-0.3, -0.25) is 14.6 Å². The minimum Gasteiger partial charge on any atom is -0.394 e. The van der Waals surface area contributed by atoms with E-state index in [1.54, 1.807) is 34.3 Å². The second-order valence-corrected chi connectivity index (χ2v) is 8.48. The number of piperazine rings is 1. The largest absolute Gasteiger partial charge is 0.394 e. The number of aromatic nitrogens is 1. The Hall–Kier alpha value is -3.77. The molecule has 0 bridgehead atoms. The van der Waals surface area contributed by atoms with Crippen LogP contribution in [0.1, 0.15) is 33.0 Å². The number of hydrogen-bond acceptors (Lipinski definition) is 4. The van der Waals surface area contributed by atoms with E-state index in [2.05, 4.69) is 53.5 Å². The molecule has 2 aliphatic heterocycles. The third-order valence-corrected chi connectivity index (χ3v) is 6.56. The van der Waals surface area contributed by atoms with E-state index in [0.717, 1.165) is 16.7 Å². The molecule has 2 aromatic carbocycles. The highest BCUT2D eigenvalue weighted by Gasteiger charge is 2.54. The van der Waals surface area contributed by atoms with E-state index in [9.17, 15) is 14.7 Å². The van der Waals surface area contributed by atoms with Gasteiger partial charge in [0.05, 0.1) is 18.7 Å². The average Bonchev–Trinajstić information content (AvgIpc) is 2.85. The van der Waals surface area contributed by atoms with E-state index in [4.69, 9.17) is 0 Å². The maximum absolute atomic E-state index is 12.9. The van der Waals surface area contributed by atoms with Crippen LogP contribution in [-0.2, 0) is 4.79 Å². The Morgan fingerprint density at radius 1 is 0.970 bits per heavy atom. The van der Waals surface area contributed by atoms with Gasteiger partial charge in [-0.2, -0.15) is 0 Å². The molecule has 0 radical (unpaired) electrons.